The molecule has 0 aliphatic heterocycles. The third-order valence-electron chi connectivity index (χ3n) is 1.87. The summed E-state index contributed by atoms with van der Waals surface area (Å²) in [5, 5.41) is 0.658. The van der Waals surface area contributed by atoms with Gasteiger partial charge in [0.25, 0.3) is 0 Å². The quantitative estimate of drug-likeness (QED) is 0.638. The first-order valence-electron chi connectivity index (χ1n) is 5.09. The van der Waals surface area contributed by atoms with Crippen LogP contribution < -0.4 is 0 Å². The van der Waals surface area contributed by atoms with Gasteiger partial charge in [-0.2, -0.15) is 0 Å². The molecule has 0 aromatic carbocycles. The summed E-state index contributed by atoms with van der Waals surface area (Å²) in [4.78, 5) is 0. The average molecular weight is 302 g/mol. The van der Waals surface area contributed by atoms with Gasteiger partial charge in [0.2, 0.25) is 10.0 Å². The number of hydrogen-bond donors (Lipinski definition) is 0. The van der Waals surface area contributed by atoms with Crippen molar-refractivity contribution >= 4 is 26.0 Å². The molecule has 0 aromatic heterocycles. The van der Waals surface area contributed by atoms with E-state index in [0.717, 1.165) is 0 Å². The summed E-state index contributed by atoms with van der Waals surface area (Å²) in [5.74, 6) is 0.0615. The summed E-state index contributed by atoms with van der Waals surface area (Å²) in [7, 11) is -3.15. The second kappa shape index (κ2) is 7.60. The van der Waals surface area contributed by atoms with Crippen molar-refractivity contribution in [1.82, 2.24) is 4.31 Å². The van der Waals surface area contributed by atoms with Gasteiger partial charge >= 0.3 is 0 Å². The Balaban J connectivity index is 4.14. The SMILES string of the molecule is CCN(CCBr)S(=O)(=O)CCOC(C)C. The highest BCUT2D eigenvalue weighted by molar-refractivity contribution is 9.09. The number of rotatable bonds is 8. The van der Waals surface area contributed by atoms with Crippen molar-refractivity contribution in [2.24, 2.45) is 0 Å². The molecule has 92 valence electrons. The van der Waals surface area contributed by atoms with Crippen molar-refractivity contribution in [2.45, 2.75) is 26.9 Å². The predicted octanol–water partition coefficient (Wildman–Crippen LogP) is 1.46. The smallest absolute Gasteiger partial charge is 0.216 e. The van der Waals surface area contributed by atoms with Gasteiger partial charge in [-0.3, -0.25) is 0 Å². The van der Waals surface area contributed by atoms with Gasteiger partial charge in [0.15, 0.2) is 0 Å². The van der Waals surface area contributed by atoms with Crippen molar-refractivity contribution < 1.29 is 13.2 Å². The molecule has 0 saturated carbocycles. The second-order valence-corrected chi connectivity index (χ2v) is 6.30. The lowest BCUT2D eigenvalue weighted by Crippen LogP contribution is -2.35. The Labute approximate surface area is 101 Å². The van der Waals surface area contributed by atoms with Gasteiger partial charge in [-0.1, -0.05) is 22.9 Å². The summed E-state index contributed by atoms with van der Waals surface area (Å²) < 4.78 is 30.2. The second-order valence-electron chi connectivity index (χ2n) is 3.42. The van der Waals surface area contributed by atoms with Crippen LogP contribution in [0.4, 0.5) is 0 Å². The molecule has 0 atom stereocenters. The molecule has 6 heteroatoms. The molecule has 0 rings (SSSR count). The summed E-state index contributed by atoms with van der Waals surface area (Å²) in [6, 6.07) is 0. The Kier molecular flexibility index (Phi) is 7.77. The van der Waals surface area contributed by atoms with E-state index >= 15 is 0 Å². The molecule has 0 N–H and O–H groups in total. The molecule has 0 saturated heterocycles. The number of alkyl halides is 1. The molecular formula is C9H20BrNO3S. The van der Waals surface area contributed by atoms with E-state index < -0.39 is 10.0 Å². The van der Waals surface area contributed by atoms with Gasteiger partial charge in [-0.15, -0.1) is 0 Å². The molecular weight excluding hydrogens is 282 g/mol. The van der Waals surface area contributed by atoms with Crippen LogP contribution in [0.3, 0.4) is 0 Å². The van der Waals surface area contributed by atoms with Gasteiger partial charge in [0.05, 0.1) is 18.5 Å². The molecule has 0 amide bonds. The fourth-order valence-electron chi connectivity index (χ4n) is 1.11. The minimum absolute atomic E-state index is 0.0615. The van der Waals surface area contributed by atoms with Gasteiger partial charge in [0, 0.05) is 18.4 Å². The Hall–Kier alpha value is 0.350. The van der Waals surface area contributed by atoms with E-state index in [4.69, 9.17) is 4.74 Å². The van der Waals surface area contributed by atoms with E-state index in [1.165, 1.54) is 4.31 Å². The zero-order chi connectivity index (χ0) is 11.9. The van der Waals surface area contributed by atoms with E-state index in [1.807, 2.05) is 20.8 Å². The van der Waals surface area contributed by atoms with Gasteiger partial charge < -0.3 is 4.74 Å². The van der Waals surface area contributed by atoms with Crippen LogP contribution in [0, 0.1) is 0 Å². The summed E-state index contributed by atoms with van der Waals surface area (Å²) >= 11 is 3.24. The Morgan fingerprint density at radius 1 is 1.40 bits per heavy atom. The number of halogens is 1. The lowest BCUT2D eigenvalue weighted by molar-refractivity contribution is 0.0907. The molecule has 0 bridgehead atoms. The number of ether oxygens (including phenoxy) is 1. The molecule has 0 radical (unpaired) electrons. The maximum atomic E-state index is 11.8. The van der Waals surface area contributed by atoms with Gasteiger partial charge in [-0.25, -0.2) is 12.7 Å². The lowest BCUT2D eigenvalue weighted by atomic mass is 10.5. The van der Waals surface area contributed by atoms with Crippen molar-refractivity contribution in [3.8, 4) is 0 Å². The van der Waals surface area contributed by atoms with Crippen LogP contribution in [-0.2, 0) is 14.8 Å². The Morgan fingerprint density at radius 2 is 2.00 bits per heavy atom. The average Bonchev–Trinajstić information content (AvgIpc) is 2.12. The predicted molar refractivity (Wildman–Crippen MR) is 65.9 cm³/mol. The molecule has 0 aromatic rings. The van der Waals surface area contributed by atoms with Gasteiger partial charge in [0.1, 0.15) is 0 Å². The molecule has 0 fully saturated rings. The highest BCUT2D eigenvalue weighted by atomic mass is 79.9. The first-order chi connectivity index (χ1) is 6.94. The maximum Gasteiger partial charge on any atom is 0.216 e. The number of nitrogens with zero attached hydrogens (tertiary/aromatic N) is 1. The summed E-state index contributed by atoms with van der Waals surface area (Å²) in [5.41, 5.74) is 0. The van der Waals surface area contributed by atoms with Crippen LogP contribution in [0.5, 0.6) is 0 Å². The van der Waals surface area contributed by atoms with E-state index in [-0.39, 0.29) is 18.5 Å². The van der Waals surface area contributed by atoms with Crippen molar-refractivity contribution in [3.05, 3.63) is 0 Å². The number of sulfonamides is 1. The van der Waals surface area contributed by atoms with Crippen LogP contribution in [-0.4, -0.2) is 49.6 Å². The highest BCUT2D eigenvalue weighted by Gasteiger charge is 2.19. The topological polar surface area (TPSA) is 46.6 Å². The Bertz CT molecular complexity index is 254. The highest BCUT2D eigenvalue weighted by Crippen LogP contribution is 2.03. The summed E-state index contributed by atoms with van der Waals surface area (Å²) in [6.45, 7) is 6.91. The standard InChI is InChI=1S/C9H20BrNO3S/c1-4-11(6-5-10)15(12,13)8-7-14-9(2)3/h9H,4-8H2,1-3H3. The largest absolute Gasteiger partial charge is 0.378 e. The minimum atomic E-state index is -3.15. The molecule has 0 spiro atoms. The minimum Gasteiger partial charge on any atom is -0.378 e. The fourth-order valence-corrected chi connectivity index (χ4v) is 3.10. The van der Waals surface area contributed by atoms with Crippen molar-refractivity contribution in [2.75, 3.05) is 30.8 Å². The molecule has 15 heavy (non-hydrogen) atoms. The van der Waals surface area contributed by atoms with Crippen LogP contribution in [0.15, 0.2) is 0 Å². The zero-order valence-electron chi connectivity index (χ0n) is 9.57. The third kappa shape index (κ3) is 6.50. The summed E-state index contributed by atoms with van der Waals surface area (Å²) in [6.07, 6.45) is 0.0754. The van der Waals surface area contributed by atoms with Crippen molar-refractivity contribution in [3.63, 3.8) is 0 Å². The monoisotopic (exact) mass is 301 g/mol. The van der Waals surface area contributed by atoms with E-state index in [2.05, 4.69) is 15.9 Å². The molecule has 0 aliphatic rings. The number of hydrogen-bond acceptors (Lipinski definition) is 3. The van der Waals surface area contributed by atoms with E-state index in [9.17, 15) is 8.42 Å². The van der Waals surface area contributed by atoms with Crippen LogP contribution in [0.2, 0.25) is 0 Å². The van der Waals surface area contributed by atoms with E-state index in [1.54, 1.807) is 0 Å². The first-order valence-corrected chi connectivity index (χ1v) is 7.82. The fraction of sp³-hybridized carbons (Fsp3) is 1.00. The maximum absolute atomic E-state index is 11.8. The molecule has 0 heterocycles. The van der Waals surface area contributed by atoms with Crippen molar-refractivity contribution in [1.29, 1.82) is 0 Å². The van der Waals surface area contributed by atoms with Crippen LogP contribution in [0.1, 0.15) is 20.8 Å². The molecule has 4 nitrogen and oxygen atoms in total. The first kappa shape index (κ1) is 15.3. The normalized spacial score (nSPS) is 12.7. The molecule has 0 unspecified atom stereocenters. The zero-order valence-corrected chi connectivity index (χ0v) is 12.0. The van der Waals surface area contributed by atoms with Crippen LogP contribution in [0.25, 0.3) is 0 Å². The van der Waals surface area contributed by atoms with Gasteiger partial charge in [-0.05, 0) is 13.8 Å². The molecule has 0 aliphatic carbocycles. The third-order valence-corrected chi connectivity index (χ3v) is 4.14. The lowest BCUT2D eigenvalue weighted by Gasteiger charge is -2.19. The van der Waals surface area contributed by atoms with E-state index in [0.29, 0.717) is 18.4 Å². The Morgan fingerprint density at radius 3 is 2.40 bits per heavy atom. The van der Waals surface area contributed by atoms with Crippen LogP contribution >= 0.6 is 15.9 Å².